The van der Waals surface area contributed by atoms with Crippen molar-refractivity contribution in [2.45, 2.75) is 34.1 Å². The standard InChI is InChI=1S/C16H23NO3/c1-11(16(2,3)4)10-14(18)17-13-9-7-6-8-12(13)15(19)20-5/h6-9,11H,10H2,1-5H3,(H,17,18). The van der Waals surface area contributed by atoms with Crippen LogP contribution in [0.5, 0.6) is 0 Å². The van der Waals surface area contributed by atoms with Crippen LogP contribution in [-0.4, -0.2) is 19.0 Å². The second-order valence-electron chi connectivity index (χ2n) is 6.06. The molecule has 0 saturated carbocycles. The molecule has 0 fully saturated rings. The van der Waals surface area contributed by atoms with Gasteiger partial charge in [-0.25, -0.2) is 4.79 Å². The van der Waals surface area contributed by atoms with Gasteiger partial charge in [0, 0.05) is 6.42 Å². The predicted molar refractivity (Wildman–Crippen MR) is 79.6 cm³/mol. The van der Waals surface area contributed by atoms with Crippen LogP contribution >= 0.6 is 0 Å². The molecule has 4 nitrogen and oxygen atoms in total. The third-order valence-electron chi connectivity index (χ3n) is 3.58. The minimum Gasteiger partial charge on any atom is -0.465 e. The number of carbonyl (C=O) groups is 2. The van der Waals surface area contributed by atoms with Gasteiger partial charge in [-0.3, -0.25) is 4.79 Å². The summed E-state index contributed by atoms with van der Waals surface area (Å²) in [5, 5.41) is 2.79. The van der Waals surface area contributed by atoms with E-state index in [-0.39, 0.29) is 17.2 Å². The molecular weight excluding hydrogens is 254 g/mol. The van der Waals surface area contributed by atoms with Crippen LogP contribution < -0.4 is 5.32 Å². The highest BCUT2D eigenvalue weighted by Gasteiger charge is 2.23. The van der Waals surface area contributed by atoms with Gasteiger partial charge in [0.1, 0.15) is 0 Å². The zero-order chi connectivity index (χ0) is 15.3. The Balaban J connectivity index is 2.79. The quantitative estimate of drug-likeness (QED) is 0.857. The number of nitrogens with one attached hydrogen (secondary N) is 1. The number of ether oxygens (including phenoxy) is 1. The maximum Gasteiger partial charge on any atom is 0.339 e. The number of hydrogen-bond donors (Lipinski definition) is 1. The Morgan fingerprint density at radius 1 is 1.25 bits per heavy atom. The number of anilines is 1. The Morgan fingerprint density at radius 2 is 1.85 bits per heavy atom. The maximum absolute atomic E-state index is 12.1. The number of methoxy groups -OCH3 is 1. The number of hydrogen-bond acceptors (Lipinski definition) is 3. The van der Waals surface area contributed by atoms with E-state index >= 15 is 0 Å². The first-order valence-electron chi connectivity index (χ1n) is 6.73. The molecule has 0 saturated heterocycles. The molecule has 1 atom stereocenters. The fourth-order valence-corrected chi connectivity index (χ4v) is 1.67. The summed E-state index contributed by atoms with van der Waals surface area (Å²) < 4.78 is 4.70. The monoisotopic (exact) mass is 277 g/mol. The average Bonchev–Trinajstić information content (AvgIpc) is 2.37. The number of carbonyl (C=O) groups excluding carboxylic acids is 2. The summed E-state index contributed by atoms with van der Waals surface area (Å²) >= 11 is 0. The van der Waals surface area contributed by atoms with E-state index in [1.54, 1.807) is 24.3 Å². The van der Waals surface area contributed by atoms with Crippen LogP contribution in [0.1, 0.15) is 44.5 Å². The fourth-order valence-electron chi connectivity index (χ4n) is 1.67. The van der Waals surface area contributed by atoms with Crippen LogP contribution in [0.25, 0.3) is 0 Å². The molecule has 20 heavy (non-hydrogen) atoms. The lowest BCUT2D eigenvalue weighted by molar-refractivity contribution is -0.117. The molecule has 0 radical (unpaired) electrons. The second kappa shape index (κ2) is 6.55. The lowest BCUT2D eigenvalue weighted by Gasteiger charge is -2.26. The first-order chi connectivity index (χ1) is 9.25. The maximum atomic E-state index is 12.1. The number of para-hydroxylation sites is 1. The summed E-state index contributed by atoms with van der Waals surface area (Å²) in [6.07, 6.45) is 0.416. The zero-order valence-corrected chi connectivity index (χ0v) is 12.8. The van der Waals surface area contributed by atoms with Gasteiger partial charge in [0.05, 0.1) is 18.4 Å². The summed E-state index contributed by atoms with van der Waals surface area (Å²) in [7, 11) is 1.32. The SMILES string of the molecule is COC(=O)c1ccccc1NC(=O)CC(C)C(C)(C)C. The van der Waals surface area contributed by atoms with E-state index in [0.29, 0.717) is 17.7 Å². The van der Waals surface area contributed by atoms with E-state index in [9.17, 15) is 9.59 Å². The van der Waals surface area contributed by atoms with E-state index in [2.05, 4.69) is 26.1 Å². The van der Waals surface area contributed by atoms with E-state index in [0.717, 1.165) is 0 Å². The highest BCUT2D eigenvalue weighted by atomic mass is 16.5. The Hall–Kier alpha value is -1.84. The molecule has 1 unspecified atom stereocenters. The van der Waals surface area contributed by atoms with Gasteiger partial charge in [0.15, 0.2) is 0 Å². The van der Waals surface area contributed by atoms with Gasteiger partial charge in [-0.2, -0.15) is 0 Å². The molecule has 0 aliphatic rings. The van der Waals surface area contributed by atoms with Gasteiger partial charge in [0.2, 0.25) is 5.91 Å². The molecule has 0 heterocycles. The first-order valence-corrected chi connectivity index (χ1v) is 6.73. The van der Waals surface area contributed by atoms with Crippen molar-refractivity contribution in [3.63, 3.8) is 0 Å². The highest BCUT2D eigenvalue weighted by Crippen LogP contribution is 2.28. The molecule has 0 aliphatic heterocycles. The molecule has 0 aromatic heterocycles. The summed E-state index contributed by atoms with van der Waals surface area (Å²) in [6, 6.07) is 6.84. The largest absolute Gasteiger partial charge is 0.465 e. The normalized spacial score (nSPS) is 12.7. The van der Waals surface area contributed by atoms with Crippen molar-refractivity contribution in [1.29, 1.82) is 0 Å². The van der Waals surface area contributed by atoms with Crippen molar-refractivity contribution in [2.75, 3.05) is 12.4 Å². The van der Waals surface area contributed by atoms with E-state index in [1.807, 2.05) is 6.92 Å². The molecular formula is C16H23NO3. The predicted octanol–water partition coefficient (Wildman–Crippen LogP) is 3.48. The van der Waals surface area contributed by atoms with Crippen molar-refractivity contribution >= 4 is 17.6 Å². The highest BCUT2D eigenvalue weighted by molar-refractivity contribution is 6.01. The average molecular weight is 277 g/mol. The van der Waals surface area contributed by atoms with Crippen molar-refractivity contribution in [3.8, 4) is 0 Å². The molecule has 4 heteroatoms. The summed E-state index contributed by atoms with van der Waals surface area (Å²) in [5.74, 6) is -0.304. The Labute approximate surface area is 120 Å². The van der Waals surface area contributed by atoms with Crippen LogP contribution in [0.3, 0.4) is 0 Å². The van der Waals surface area contributed by atoms with Gasteiger partial charge in [0.25, 0.3) is 0 Å². The van der Waals surface area contributed by atoms with Crippen LogP contribution in [0, 0.1) is 11.3 Å². The molecule has 0 bridgehead atoms. The van der Waals surface area contributed by atoms with Crippen molar-refractivity contribution in [2.24, 2.45) is 11.3 Å². The van der Waals surface area contributed by atoms with Crippen LogP contribution in [0.4, 0.5) is 5.69 Å². The molecule has 1 rings (SSSR count). The van der Waals surface area contributed by atoms with Gasteiger partial charge in [-0.05, 0) is 23.5 Å². The minimum atomic E-state index is -0.454. The minimum absolute atomic E-state index is 0.0687. The van der Waals surface area contributed by atoms with Gasteiger partial charge in [-0.1, -0.05) is 39.8 Å². The fraction of sp³-hybridized carbons (Fsp3) is 0.500. The molecule has 1 aromatic rings. The van der Waals surface area contributed by atoms with E-state index in [1.165, 1.54) is 7.11 Å². The number of benzene rings is 1. The first kappa shape index (κ1) is 16.2. The van der Waals surface area contributed by atoms with Crippen molar-refractivity contribution in [3.05, 3.63) is 29.8 Å². The third-order valence-corrected chi connectivity index (χ3v) is 3.58. The molecule has 1 amide bonds. The van der Waals surface area contributed by atoms with Gasteiger partial charge >= 0.3 is 5.97 Å². The Kier molecular flexibility index (Phi) is 5.31. The number of amides is 1. The molecule has 0 aliphatic carbocycles. The smallest absolute Gasteiger partial charge is 0.339 e. The summed E-state index contributed by atoms with van der Waals surface area (Å²) in [5.41, 5.74) is 0.927. The topological polar surface area (TPSA) is 55.4 Å². The number of rotatable bonds is 4. The molecule has 1 aromatic carbocycles. The van der Waals surface area contributed by atoms with Crippen molar-refractivity contribution in [1.82, 2.24) is 0 Å². The molecule has 1 N–H and O–H groups in total. The van der Waals surface area contributed by atoms with E-state index in [4.69, 9.17) is 4.74 Å². The second-order valence-corrected chi connectivity index (χ2v) is 6.06. The van der Waals surface area contributed by atoms with Crippen LogP contribution in [0.2, 0.25) is 0 Å². The number of esters is 1. The summed E-state index contributed by atoms with van der Waals surface area (Å²) in [6.45, 7) is 8.36. The third kappa shape index (κ3) is 4.37. The van der Waals surface area contributed by atoms with Gasteiger partial charge < -0.3 is 10.1 Å². The summed E-state index contributed by atoms with van der Waals surface area (Å²) in [4.78, 5) is 23.7. The molecule has 110 valence electrons. The van der Waals surface area contributed by atoms with E-state index < -0.39 is 5.97 Å². The Morgan fingerprint density at radius 3 is 2.40 bits per heavy atom. The van der Waals surface area contributed by atoms with Crippen LogP contribution in [0.15, 0.2) is 24.3 Å². The molecule has 0 spiro atoms. The van der Waals surface area contributed by atoms with Crippen molar-refractivity contribution < 1.29 is 14.3 Å². The lowest BCUT2D eigenvalue weighted by Crippen LogP contribution is -2.24. The lowest BCUT2D eigenvalue weighted by atomic mass is 9.80. The van der Waals surface area contributed by atoms with Crippen LogP contribution in [-0.2, 0) is 9.53 Å². The van der Waals surface area contributed by atoms with Gasteiger partial charge in [-0.15, -0.1) is 0 Å². The Bertz CT molecular complexity index is 489. The zero-order valence-electron chi connectivity index (χ0n) is 12.8.